The van der Waals surface area contributed by atoms with Crippen molar-refractivity contribution in [1.82, 2.24) is 0 Å². The quantitative estimate of drug-likeness (QED) is 0.247. The maximum absolute atomic E-state index is 4.44. The molecule has 0 saturated heterocycles. The summed E-state index contributed by atoms with van der Waals surface area (Å²) in [4.78, 5) is 3.83. The van der Waals surface area contributed by atoms with Crippen molar-refractivity contribution in [2.75, 3.05) is 6.54 Å². The summed E-state index contributed by atoms with van der Waals surface area (Å²) in [6.45, 7) is 4.51. The molecule has 0 saturated carbocycles. The Labute approximate surface area is 74.2 Å². The number of rotatable bonds is 7. The maximum Gasteiger partial charge on any atom is 0.0584 e. The lowest BCUT2D eigenvalue weighted by atomic mass is 10.1. The summed E-state index contributed by atoms with van der Waals surface area (Å²) in [5.41, 5.74) is 0. The third-order valence-corrected chi connectivity index (χ3v) is 1.62. The molecule has 0 radical (unpaired) electrons. The number of thiocarbonyl (C=S) groups is 1. The van der Waals surface area contributed by atoms with Crippen molar-refractivity contribution in [2.24, 2.45) is 4.99 Å². The van der Waals surface area contributed by atoms with E-state index in [-0.39, 0.29) is 0 Å². The third-order valence-electron chi connectivity index (χ3n) is 1.49. The second-order valence-electron chi connectivity index (χ2n) is 2.46. The lowest BCUT2D eigenvalue weighted by Crippen LogP contribution is -1.81. The zero-order chi connectivity index (χ0) is 8.36. The van der Waals surface area contributed by atoms with Crippen molar-refractivity contribution in [3.8, 4) is 0 Å². The smallest absolute Gasteiger partial charge is 0.0584 e. The van der Waals surface area contributed by atoms with E-state index in [1.165, 1.54) is 19.3 Å². The number of hydrogen-bond donors (Lipinski definition) is 0. The van der Waals surface area contributed by atoms with E-state index < -0.39 is 0 Å². The van der Waals surface area contributed by atoms with E-state index in [2.05, 4.69) is 29.0 Å². The molecule has 0 aliphatic rings. The first-order valence-corrected chi connectivity index (χ1v) is 4.47. The number of aliphatic imine (C=N–C) groups is 1. The lowest BCUT2D eigenvalue weighted by molar-refractivity contribution is 0.654. The van der Waals surface area contributed by atoms with Gasteiger partial charge in [0.2, 0.25) is 0 Å². The van der Waals surface area contributed by atoms with Crippen molar-refractivity contribution in [3.05, 3.63) is 12.7 Å². The van der Waals surface area contributed by atoms with Gasteiger partial charge in [0.25, 0.3) is 0 Å². The summed E-state index contributed by atoms with van der Waals surface area (Å²) in [6, 6.07) is 0. The van der Waals surface area contributed by atoms with Gasteiger partial charge in [-0.15, -0.1) is 6.58 Å². The van der Waals surface area contributed by atoms with Crippen LogP contribution in [0.5, 0.6) is 0 Å². The molecule has 0 spiro atoms. The van der Waals surface area contributed by atoms with Crippen LogP contribution in [0.3, 0.4) is 0 Å². The zero-order valence-electron chi connectivity index (χ0n) is 6.88. The van der Waals surface area contributed by atoms with Crippen molar-refractivity contribution >= 4 is 17.4 Å². The Hall–Kier alpha value is -0.460. The van der Waals surface area contributed by atoms with Crippen LogP contribution < -0.4 is 0 Å². The molecule has 0 unspecified atom stereocenters. The van der Waals surface area contributed by atoms with E-state index in [1.807, 2.05) is 6.08 Å². The molecule has 0 bridgehead atoms. The van der Waals surface area contributed by atoms with Gasteiger partial charge in [-0.2, -0.15) is 0 Å². The summed E-state index contributed by atoms with van der Waals surface area (Å²) in [5, 5.41) is 2.36. The van der Waals surface area contributed by atoms with Gasteiger partial charge in [0.05, 0.1) is 5.16 Å². The molecule has 0 atom stereocenters. The van der Waals surface area contributed by atoms with E-state index in [1.54, 1.807) is 0 Å². The number of isothiocyanates is 1. The summed E-state index contributed by atoms with van der Waals surface area (Å²) >= 11 is 4.44. The Balaban J connectivity index is 2.90. The van der Waals surface area contributed by atoms with Gasteiger partial charge in [0, 0.05) is 6.54 Å². The Morgan fingerprint density at radius 1 is 1.27 bits per heavy atom. The second kappa shape index (κ2) is 9.54. The van der Waals surface area contributed by atoms with Gasteiger partial charge >= 0.3 is 0 Å². The number of hydrogen-bond acceptors (Lipinski definition) is 2. The molecule has 0 amide bonds. The summed E-state index contributed by atoms with van der Waals surface area (Å²) < 4.78 is 0. The molecule has 62 valence electrons. The van der Waals surface area contributed by atoms with Gasteiger partial charge < -0.3 is 0 Å². The molecule has 0 rings (SSSR count). The second-order valence-corrected chi connectivity index (χ2v) is 2.65. The highest BCUT2D eigenvalue weighted by Gasteiger charge is 1.86. The maximum atomic E-state index is 4.44. The molecule has 0 aliphatic carbocycles. The van der Waals surface area contributed by atoms with E-state index in [4.69, 9.17) is 0 Å². The topological polar surface area (TPSA) is 12.4 Å². The van der Waals surface area contributed by atoms with E-state index >= 15 is 0 Å². The van der Waals surface area contributed by atoms with Gasteiger partial charge in [0.1, 0.15) is 0 Å². The Kier molecular flexibility index (Phi) is 9.14. The molecule has 11 heavy (non-hydrogen) atoms. The molecule has 2 heteroatoms. The van der Waals surface area contributed by atoms with Crippen molar-refractivity contribution in [3.63, 3.8) is 0 Å². The fraction of sp³-hybridized carbons (Fsp3) is 0.667. The highest BCUT2D eigenvalue weighted by Crippen LogP contribution is 2.02. The minimum Gasteiger partial charge on any atom is -0.233 e. The highest BCUT2D eigenvalue weighted by molar-refractivity contribution is 7.78. The monoisotopic (exact) mass is 169 g/mol. The Morgan fingerprint density at radius 3 is 2.64 bits per heavy atom. The first kappa shape index (κ1) is 10.5. The summed E-state index contributed by atoms with van der Waals surface area (Å²) in [7, 11) is 0. The minimum absolute atomic E-state index is 0.845. The van der Waals surface area contributed by atoms with Crippen molar-refractivity contribution in [1.29, 1.82) is 0 Å². The minimum atomic E-state index is 0.845. The van der Waals surface area contributed by atoms with Crippen LogP contribution in [-0.4, -0.2) is 11.7 Å². The first-order valence-electron chi connectivity index (χ1n) is 4.06. The van der Waals surface area contributed by atoms with Crippen LogP contribution in [0.2, 0.25) is 0 Å². The van der Waals surface area contributed by atoms with E-state index in [0.717, 1.165) is 19.4 Å². The number of allylic oxidation sites excluding steroid dienone is 1. The van der Waals surface area contributed by atoms with E-state index in [0.29, 0.717) is 0 Å². The molecule has 0 aliphatic heterocycles. The molecule has 0 fully saturated rings. The molecule has 0 aromatic rings. The standard InChI is InChI=1S/C9H15NS/c1-2-3-4-5-6-7-8-10-9-11/h2H,1,3-8H2. The average molecular weight is 169 g/mol. The van der Waals surface area contributed by atoms with Crippen LogP contribution >= 0.6 is 12.2 Å². The average Bonchev–Trinajstić information content (AvgIpc) is 2.03. The normalized spacial score (nSPS) is 8.73. The van der Waals surface area contributed by atoms with Crippen molar-refractivity contribution in [2.45, 2.75) is 32.1 Å². The molecule has 1 nitrogen and oxygen atoms in total. The van der Waals surface area contributed by atoms with Crippen LogP contribution in [0.1, 0.15) is 32.1 Å². The zero-order valence-corrected chi connectivity index (χ0v) is 7.70. The predicted molar refractivity (Wildman–Crippen MR) is 53.2 cm³/mol. The SMILES string of the molecule is C=CCCCCCCN=C=S. The van der Waals surface area contributed by atoms with Gasteiger partial charge in [-0.1, -0.05) is 18.9 Å². The molecule has 0 heterocycles. The lowest BCUT2D eigenvalue weighted by Gasteiger charge is -1.94. The van der Waals surface area contributed by atoms with Crippen LogP contribution in [-0.2, 0) is 0 Å². The molecular formula is C9H15NS. The van der Waals surface area contributed by atoms with Gasteiger partial charge in [-0.25, -0.2) is 4.99 Å². The Bertz CT molecular complexity index is 136. The number of nitrogens with zero attached hydrogens (tertiary/aromatic N) is 1. The van der Waals surface area contributed by atoms with Gasteiger partial charge in [-0.05, 0) is 31.5 Å². The molecule has 0 aromatic carbocycles. The van der Waals surface area contributed by atoms with Crippen LogP contribution in [0.4, 0.5) is 0 Å². The van der Waals surface area contributed by atoms with Gasteiger partial charge in [0.15, 0.2) is 0 Å². The number of unbranched alkanes of at least 4 members (excludes halogenated alkanes) is 4. The van der Waals surface area contributed by atoms with Crippen molar-refractivity contribution < 1.29 is 0 Å². The summed E-state index contributed by atoms with van der Waals surface area (Å²) in [6.07, 6.45) is 8.02. The van der Waals surface area contributed by atoms with Crippen LogP contribution in [0, 0.1) is 0 Å². The third kappa shape index (κ3) is 9.54. The molecular weight excluding hydrogens is 154 g/mol. The largest absolute Gasteiger partial charge is 0.233 e. The van der Waals surface area contributed by atoms with Crippen LogP contribution in [0.25, 0.3) is 0 Å². The molecule has 0 aromatic heterocycles. The van der Waals surface area contributed by atoms with E-state index in [9.17, 15) is 0 Å². The fourth-order valence-corrected chi connectivity index (χ4v) is 0.970. The fourth-order valence-electron chi connectivity index (χ4n) is 0.879. The first-order chi connectivity index (χ1) is 5.41. The highest BCUT2D eigenvalue weighted by atomic mass is 32.1. The molecule has 0 N–H and O–H groups in total. The van der Waals surface area contributed by atoms with Crippen LogP contribution in [0.15, 0.2) is 17.6 Å². The van der Waals surface area contributed by atoms with Gasteiger partial charge in [-0.3, -0.25) is 0 Å². The predicted octanol–water partition coefficient (Wildman–Crippen LogP) is 3.23. The Morgan fingerprint density at radius 2 is 2.00 bits per heavy atom. The summed E-state index contributed by atoms with van der Waals surface area (Å²) in [5.74, 6) is 0.